The van der Waals surface area contributed by atoms with E-state index in [2.05, 4.69) is 0 Å². The van der Waals surface area contributed by atoms with E-state index >= 15 is 0 Å². The number of halogens is 1. The monoisotopic (exact) mass is 200 g/mol. The van der Waals surface area contributed by atoms with E-state index in [9.17, 15) is 4.79 Å². The number of fused-ring (bicyclic) bond motifs is 2. The maximum Gasteiger partial charge on any atom is 0.147 e. The molecule has 2 nitrogen and oxygen atoms in total. The molecule has 0 radical (unpaired) electrons. The molecule has 1 saturated carbocycles. The molecule has 2 bridgehead atoms. The zero-order chi connectivity index (χ0) is 9.42. The molecule has 0 amide bonds. The number of aliphatic hydroxyl groups excluding tert-OH is 1. The van der Waals surface area contributed by atoms with Crippen LogP contribution >= 0.6 is 11.6 Å². The van der Waals surface area contributed by atoms with Gasteiger partial charge in [0.2, 0.25) is 0 Å². The Morgan fingerprint density at radius 1 is 1.54 bits per heavy atom. The van der Waals surface area contributed by atoms with Crippen LogP contribution in [0.5, 0.6) is 0 Å². The largest absolute Gasteiger partial charge is 0.396 e. The van der Waals surface area contributed by atoms with Gasteiger partial charge >= 0.3 is 0 Å². The van der Waals surface area contributed by atoms with E-state index in [1.807, 2.05) is 0 Å². The van der Waals surface area contributed by atoms with Gasteiger partial charge < -0.3 is 5.11 Å². The van der Waals surface area contributed by atoms with E-state index in [-0.39, 0.29) is 12.5 Å². The molecule has 13 heavy (non-hydrogen) atoms. The molecule has 2 aliphatic carbocycles. The molecule has 0 aromatic carbocycles. The van der Waals surface area contributed by atoms with Crippen LogP contribution in [0.25, 0.3) is 0 Å². The predicted octanol–water partition coefficient (Wildman–Crippen LogP) is 1.72. The molecule has 2 aliphatic rings. The predicted molar refractivity (Wildman–Crippen MR) is 50.3 cm³/mol. The number of carbonyl (C=O) groups excluding carboxylic acids is 1. The number of rotatable bonds is 2. The van der Waals surface area contributed by atoms with Gasteiger partial charge in [0.15, 0.2) is 0 Å². The first-order valence-electron chi connectivity index (χ1n) is 4.73. The van der Waals surface area contributed by atoms with Gasteiger partial charge in [-0.1, -0.05) is 11.6 Å². The highest BCUT2D eigenvalue weighted by Crippen LogP contribution is 2.48. The van der Waals surface area contributed by atoms with Gasteiger partial charge in [-0.15, -0.1) is 0 Å². The van der Waals surface area contributed by atoms with Crippen LogP contribution in [0.1, 0.15) is 19.3 Å². The van der Waals surface area contributed by atoms with Gasteiger partial charge in [-0.25, -0.2) is 0 Å². The molecule has 2 rings (SSSR count). The van der Waals surface area contributed by atoms with Gasteiger partial charge in [-0.2, -0.15) is 0 Å². The Kier molecular flexibility index (Phi) is 2.43. The van der Waals surface area contributed by atoms with E-state index in [0.29, 0.717) is 16.9 Å². The van der Waals surface area contributed by atoms with Crippen molar-refractivity contribution < 1.29 is 9.90 Å². The summed E-state index contributed by atoms with van der Waals surface area (Å²) in [5, 5.41) is 9.78. The molecule has 3 heteroatoms. The van der Waals surface area contributed by atoms with Gasteiger partial charge in [-0.05, 0) is 31.1 Å². The highest BCUT2D eigenvalue weighted by atomic mass is 35.5. The third-order valence-electron chi connectivity index (χ3n) is 3.41. The molecule has 0 aromatic rings. The van der Waals surface area contributed by atoms with Gasteiger partial charge in [0.05, 0.1) is 6.61 Å². The molecular formula is C10H13ClO2. The molecule has 0 aromatic heterocycles. The lowest BCUT2D eigenvalue weighted by Gasteiger charge is -2.27. The lowest BCUT2D eigenvalue weighted by Crippen LogP contribution is -2.23. The first-order chi connectivity index (χ1) is 6.27. The number of carbonyl (C=O) groups is 1. The van der Waals surface area contributed by atoms with E-state index < -0.39 is 0 Å². The van der Waals surface area contributed by atoms with E-state index in [1.165, 1.54) is 0 Å². The number of hydrogen-bond donors (Lipinski definition) is 1. The second-order valence-electron chi connectivity index (χ2n) is 3.98. The standard InChI is InChI=1S/C10H13ClO2/c11-10-8(4-12)6-1-2-7(3-6)9(10)5-13/h4,6-7,9,13H,1-3,5H2. The third-order valence-corrected chi connectivity index (χ3v) is 3.91. The van der Waals surface area contributed by atoms with Crippen LogP contribution in [0.4, 0.5) is 0 Å². The van der Waals surface area contributed by atoms with E-state index in [0.717, 1.165) is 31.1 Å². The molecular weight excluding hydrogens is 188 g/mol. The Morgan fingerprint density at radius 2 is 2.31 bits per heavy atom. The summed E-state index contributed by atoms with van der Waals surface area (Å²) in [6, 6.07) is 0. The summed E-state index contributed by atoms with van der Waals surface area (Å²) >= 11 is 6.07. The van der Waals surface area contributed by atoms with Crippen molar-refractivity contribution in [2.75, 3.05) is 6.61 Å². The maximum atomic E-state index is 10.8. The second kappa shape index (κ2) is 3.43. The van der Waals surface area contributed by atoms with Crippen LogP contribution in [0.2, 0.25) is 0 Å². The highest BCUT2D eigenvalue weighted by Gasteiger charge is 2.40. The fourth-order valence-corrected chi connectivity index (χ4v) is 3.11. The summed E-state index contributed by atoms with van der Waals surface area (Å²) < 4.78 is 0. The van der Waals surface area contributed by atoms with Gasteiger partial charge in [0.25, 0.3) is 0 Å². The SMILES string of the molecule is O=CC1=C(Cl)C(CO)C2CCC1C2. The van der Waals surface area contributed by atoms with Crippen LogP contribution in [-0.4, -0.2) is 18.0 Å². The molecule has 3 atom stereocenters. The van der Waals surface area contributed by atoms with Crippen molar-refractivity contribution in [2.45, 2.75) is 19.3 Å². The Bertz CT molecular complexity index is 260. The quantitative estimate of drug-likeness (QED) is 0.690. The molecule has 0 spiro atoms. The summed E-state index contributed by atoms with van der Waals surface area (Å²) in [6.07, 6.45) is 4.07. The van der Waals surface area contributed by atoms with Crippen LogP contribution in [-0.2, 0) is 4.79 Å². The van der Waals surface area contributed by atoms with Gasteiger partial charge in [0.1, 0.15) is 6.29 Å². The zero-order valence-corrected chi connectivity index (χ0v) is 8.13. The van der Waals surface area contributed by atoms with Crippen molar-refractivity contribution in [1.82, 2.24) is 0 Å². The van der Waals surface area contributed by atoms with Crippen molar-refractivity contribution in [3.63, 3.8) is 0 Å². The normalized spacial score (nSPS) is 38.2. The molecule has 1 fully saturated rings. The van der Waals surface area contributed by atoms with Crippen LogP contribution in [0.3, 0.4) is 0 Å². The average molecular weight is 201 g/mol. The van der Waals surface area contributed by atoms with E-state index in [1.54, 1.807) is 0 Å². The Balaban J connectivity index is 2.35. The molecule has 0 heterocycles. The Labute approximate surface area is 82.6 Å². The van der Waals surface area contributed by atoms with Crippen molar-refractivity contribution in [2.24, 2.45) is 17.8 Å². The minimum atomic E-state index is 0.0283. The van der Waals surface area contributed by atoms with Crippen molar-refractivity contribution in [1.29, 1.82) is 0 Å². The fourth-order valence-electron chi connectivity index (χ4n) is 2.66. The van der Waals surface area contributed by atoms with Crippen LogP contribution in [0, 0.1) is 17.8 Å². The summed E-state index contributed by atoms with van der Waals surface area (Å²) in [6.45, 7) is 0.0769. The second-order valence-corrected chi connectivity index (χ2v) is 4.39. The average Bonchev–Trinajstić information content (AvgIpc) is 2.52. The summed E-state index contributed by atoms with van der Waals surface area (Å²) in [7, 11) is 0. The summed E-state index contributed by atoms with van der Waals surface area (Å²) in [4.78, 5) is 10.8. The molecule has 0 saturated heterocycles. The number of aldehydes is 1. The lowest BCUT2D eigenvalue weighted by molar-refractivity contribution is -0.105. The Morgan fingerprint density at radius 3 is 2.92 bits per heavy atom. The van der Waals surface area contributed by atoms with Crippen molar-refractivity contribution in [3.05, 3.63) is 10.6 Å². The third kappa shape index (κ3) is 1.32. The zero-order valence-electron chi connectivity index (χ0n) is 7.37. The number of allylic oxidation sites excluding steroid dienone is 1. The highest BCUT2D eigenvalue weighted by molar-refractivity contribution is 6.31. The van der Waals surface area contributed by atoms with Crippen LogP contribution < -0.4 is 0 Å². The minimum absolute atomic E-state index is 0.0283. The van der Waals surface area contributed by atoms with Crippen LogP contribution in [0.15, 0.2) is 10.6 Å². The molecule has 72 valence electrons. The number of aliphatic hydroxyl groups is 1. The molecule has 1 N–H and O–H groups in total. The van der Waals surface area contributed by atoms with Gasteiger partial charge in [-0.3, -0.25) is 4.79 Å². The lowest BCUT2D eigenvalue weighted by atomic mass is 9.81. The van der Waals surface area contributed by atoms with Crippen molar-refractivity contribution in [3.8, 4) is 0 Å². The summed E-state index contributed by atoms with van der Waals surface area (Å²) in [5.41, 5.74) is 0.745. The smallest absolute Gasteiger partial charge is 0.147 e. The maximum absolute atomic E-state index is 10.8. The fraction of sp³-hybridized carbons (Fsp3) is 0.700. The summed E-state index contributed by atoms with van der Waals surface area (Å²) in [5.74, 6) is 0.907. The van der Waals surface area contributed by atoms with Gasteiger partial charge in [0, 0.05) is 16.5 Å². The topological polar surface area (TPSA) is 37.3 Å². The minimum Gasteiger partial charge on any atom is -0.396 e. The first kappa shape index (κ1) is 9.22. The van der Waals surface area contributed by atoms with Crippen molar-refractivity contribution >= 4 is 17.9 Å². The number of hydrogen-bond acceptors (Lipinski definition) is 2. The Hall–Kier alpha value is -0.340. The van der Waals surface area contributed by atoms with E-state index in [4.69, 9.17) is 16.7 Å². The molecule has 3 unspecified atom stereocenters. The molecule has 0 aliphatic heterocycles. The first-order valence-corrected chi connectivity index (χ1v) is 5.11.